The summed E-state index contributed by atoms with van der Waals surface area (Å²) in [6, 6.07) is 9.47. The van der Waals surface area contributed by atoms with Crippen LogP contribution in [0.4, 0.5) is 22.7 Å². The van der Waals surface area contributed by atoms with E-state index in [4.69, 9.17) is 16.6 Å². The summed E-state index contributed by atoms with van der Waals surface area (Å²) in [5, 5.41) is 16.9. The Balaban J connectivity index is 0.00000220. The zero-order valence-corrected chi connectivity index (χ0v) is 13.9. The summed E-state index contributed by atoms with van der Waals surface area (Å²) in [5.74, 6) is -0.980. The van der Waals surface area contributed by atoms with Gasteiger partial charge in [-0.3, -0.25) is 0 Å². The molecule has 0 saturated heterocycles. The van der Waals surface area contributed by atoms with Crippen LogP contribution in [0.15, 0.2) is 46.6 Å². The Kier molecular flexibility index (Phi) is 5.90. The predicted octanol–water partition coefficient (Wildman–Crippen LogP) is 0.277. The summed E-state index contributed by atoms with van der Waals surface area (Å²) in [6.07, 6.45) is 0. The third kappa shape index (κ3) is 4.29. The molecule has 102 valence electrons. The molecule has 2 aromatic rings. The van der Waals surface area contributed by atoms with Crippen LogP contribution in [0.25, 0.3) is 0 Å². The van der Waals surface area contributed by atoms with Crippen molar-refractivity contribution in [2.45, 2.75) is 6.92 Å². The van der Waals surface area contributed by atoms with Gasteiger partial charge in [0.1, 0.15) is 5.69 Å². The van der Waals surface area contributed by atoms with E-state index in [9.17, 15) is 4.79 Å². The molecule has 2 rings (SSSR count). The molecule has 2 aromatic carbocycles. The average molecular weight is 293 g/mol. The maximum Gasteiger partial charge on any atom is 1.00 e. The molecule has 7 heteroatoms. The van der Waals surface area contributed by atoms with Gasteiger partial charge in [0.05, 0.1) is 16.9 Å². The van der Waals surface area contributed by atoms with Crippen molar-refractivity contribution >= 4 is 28.7 Å². The number of rotatable bonds is 3. The van der Waals surface area contributed by atoms with Gasteiger partial charge in [-0.1, -0.05) is 0 Å². The molecular formula is C14H14N4NaO2+. The van der Waals surface area contributed by atoms with Crippen LogP contribution in [-0.4, -0.2) is 11.1 Å². The Labute approximate surface area is 144 Å². The van der Waals surface area contributed by atoms with Crippen LogP contribution in [0, 0.1) is 6.92 Å². The standard InChI is InChI=1S/C14H14N4O2.Na/c1-8-6-13(12(16)7-11(8)15)18-17-10-4-2-9(3-5-10)14(19)20;/h2-7H,15-16H2,1H3,(H,19,20);/q;+1. The molecule has 0 atom stereocenters. The number of anilines is 2. The Morgan fingerprint density at radius 2 is 1.67 bits per heavy atom. The Hall–Kier alpha value is -1.89. The maximum absolute atomic E-state index is 10.7. The van der Waals surface area contributed by atoms with E-state index < -0.39 is 5.97 Å². The van der Waals surface area contributed by atoms with Crippen LogP contribution in [-0.2, 0) is 0 Å². The van der Waals surface area contributed by atoms with Gasteiger partial charge in [0.25, 0.3) is 0 Å². The van der Waals surface area contributed by atoms with Crippen molar-refractivity contribution in [3.8, 4) is 0 Å². The van der Waals surface area contributed by atoms with Crippen molar-refractivity contribution in [3.05, 3.63) is 47.5 Å². The molecule has 21 heavy (non-hydrogen) atoms. The summed E-state index contributed by atoms with van der Waals surface area (Å²) >= 11 is 0. The van der Waals surface area contributed by atoms with E-state index in [1.165, 1.54) is 12.1 Å². The number of carboxylic acid groups (broad SMARTS) is 1. The molecule has 0 unspecified atom stereocenters. The summed E-state index contributed by atoms with van der Waals surface area (Å²) in [4.78, 5) is 10.7. The van der Waals surface area contributed by atoms with Crippen LogP contribution >= 0.6 is 0 Å². The van der Waals surface area contributed by atoms with Crippen molar-refractivity contribution in [3.63, 3.8) is 0 Å². The van der Waals surface area contributed by atoms with Gasteiger partial charge < -0.3 is 16.6 Å². The number of hydrogen-bond acceptors (Lipinski definition) is 5. The molecule has 0 aliphatic rings. The molecule has 0 aliphatic carbocycles. The minimum atomic E-state index is -0.980. The SMILES string of the molecule is Cc1cc(N=Nc2ccc(C(=O)O)cc2)c(N)cc1N.[Na+]. The number of nitrogens with two attached hydrogens (primary N) is 2. The van der Waals surface area contributed by atoms with E-state index >= 15 is 0 Å². The number of hydrogen-bond donors (Lipinski definition) is 3. The Bertz CT molecular complexity index is 684. The second kappa shape index (κ2) is 7.21. The number of azo groups is 1. The normalized spacial score (nSPS) is 10.3. The first kappa shape index (κ1) is 17.2. The number of aromatic carboxylic acids is 1. The van der Waals surface area contributed by atoms with E-state index in [1.54, 1.807) is 24.3 Å². The second-order valence-electron chi connectivity index (χ2n) is 4.32. The van der Waals surface area contributed by atoms with Crippen LogP contribution in [0.2, 0.25) is 0 Å². The van der Waals surface area contributed by atoms with Crippen molar-refractivity contribution in [2.75, 3.05) is 11.5 Å². The quantitative estimate of drug-likeness (QED) is 0.428. The molecular weight excluding hydrogens is 279 g/mol. The van der Waals surface area contributed by atoms with Crippen LogP contribution in [0.5, 0.6) is 0 Å². The second-order valence-corrected chi connectivity index (χ2v) is 4.32. The molecule has 0 aromatic heterocycles. The Morgan fingerprint density at radius 3 is 2.24 bits per heavy atom. The minimum Gasteiger partial charge on any atom is -0.478 e. The molecule has 0 saturated carbocycles. The van der Waals surface area contributed by atoms with E-state index in [0.717, 1.165) is 5.56 Å². The summed E-state index contributed by atoms with van der Waals surface area (Å²) in [6.45, 7) is 1.86. The van der Waals surface area contributed by atoms with E-state index in [0.29, 0.717) is 22.7 Å². The molecule has 6 nitrogen and oxygen atoms in total. The number of nitrogen functional groups attached to an aromatic ring is 2. The first-order chi connectivity index (χ1) is 9.47. The average Bonchev–Trinajstić information content (AvgIpc) is 2.42. The number of carboxylic acids is 1. The fraction of sp³-hybridized carbons (Fsp3) is 0.0714. The number of nitrogens with zero attached hydrogens (tertiary/aromatic N) is 2. The smallest absolute Gasteiger partial charge is 0.478 e. The van der Waals surface area contributed by atoms with E-state index in [-0.39, 0.29) is 35.1 Å². The van der Waals surface area contributed by atoms with Crippen molar-refractivity contribution in [1.82, 2.24) is 0 Å². The molecule has 0 aliphatic heterocycles. The molecule has 0 spiro atoms. The van der Waals surface area contributed by atoms with Gasteiger partial charge in [-0.05, 0) is 48.9 Å². The zero-order valence-electron chi connectivity index (χ0n) is 11.9. The van der Waals surface area contributed by atoms with Crippen molar-refractivity contribution < 1.29 is 39.5 Å². The molecule has 0 radical (unpaired) electrons. The van der Waals surface area contributed by atoms with Crippen LogP contribution < -0.4 is 41.0 Å². The molecule has 5 N–H and O–H groups in total. The van der Waals surface area contributed by atoms with Gasteiger partial charge in [-0.15, -0.1) is 5.11 Å². The van der Waals surface area contributed by atoms with Gasteiger partial charge in [-0.25, -0.2) is 4.79 Å². The summed E-state index contributed by atoms with van der Waals surface area (Å²) < 4.78 is 0. The van der Waals surface area contributed by atoms with Crippen molar-refractivity contribution in [2.24, 2.45) is 10.2 Å². The van der Waals surface area contributed by atoms with E-state index in [2.05, 4.69) is 10.2 Å². The first-order valence-electron chi connectivity index (χ1n) is 5.88. The third-order valence-electron chi connectivity index (χ3n) is 2.80. The first-order valence-corrected chi connectivity index (χ1v) is 5.88. The summed E-state index contributed by atoms with van der Waals surface area (Å²) in [5.41, 5.74) is 14.7. The number of aryl methyl sites for hydroxylation is 1. The molecule has 0 bridgehead atoms. The van der Waals surface area contributed by atoms with Crippen LogP contribution in [0.3, 0.4) is 0 Å². The van der Waals surface area contributed by atoms with Gasteiger partial charge in [0, 0.05) is 5.69 Å². The minimum absolute atomic E-state index is 0. The van der Waals surface area contributed by atoms with Crippen molar-refractivity contribution in [1.29, 1.82) is 0 Å². The van der Waals surface area contributed by atoms with Gasteiger partial charge in [0.2, 0.25) is 0 Å². The predicted molar refractivity (Wildman–Crippen MR) is 77.6 cm³/mol. The fourth-order valence-corrected chi connectivity index (χ4v) is 1.60. The molecule has 0 fully saturated rings. The third-order valence-corrected chi connectivity index (χ3v) is 2.80. The number of benzene rings is 2. The van der Waals surface area contributed by atoms with Gasteiger partial charge in [0.15, 0.2) is 0 Å². The monoisotopic (exact) mass is 293 g/mol. The largest absolute Gasteiger partial charge is 1.00 e. The Morgan fingerprint density at radius 1 is 1.05 bits per heavy atom. The number of carbonyl (C=O) groups is 1. The summed E-state index contributed by atoms with van der Waals surface area (Å²) in [7, 11) is 0. The van der Waals surface area contributed by atoms with Gasteiger partial charge in [-0.2, -0.15) is 5.11 Å². The molecule has 0 heterocycles. The van der Waals surface area contributed by atoms with Crippen LogP contribution in [0.1, 0.15) is 15.9 Å². The zero-order chi connectivity index (χ0) is 14.7. The van der Waals surface area contributed by atoms with E-state index in [1.807, 2.05) is 6.92 Å². The fourth-order valence-electron chi connectivity index (χ4n) is 1.60. The molecule has 0 amide bonds. The van der Waals surface area contributed by atoms with Gasteiger partial charge >= 0.3 is 35.5 Å². The maximum atomic E-state index is 10.7. The topological polar surface area (TPSA) is 114 Å².